The number of carbonyl (C=O) groups is 1. The molecule has 0 bridgehead atoms. The summed E-state index contributed by atoms with van der Waals surface area (Å²) in [5.41, 5.74) is -0.916. The van der Waals surface area contributed by atoms with Crippen molar-refractivity contribution in [3.05, 3.63) is 59.4 Å². The monoisotopic (exact) mass is 295 g/mol. The van der Waals surface area contributed by atoms with Crippen LogP contribution in [-0.2, 0) is 0 Å². The molecular weight excluding hydrogens is 286 g/mol. The van der Waals surface area contributed by atoms with Gasteiger partial charge in [-0.05, 0) is 29.7 Å². The molecule has 0 saturated heterocycles. The SMILES string of the molecule is O=C(Nc1ccc(F)cc1F)c1cc(B(O)O)ccc1F. The van der Waals surface area contributed by atoms with Crippen LogP contribution in [0.5, 0.6) is 0 Å². The highest BCUT2D eigenvalue weighted by Gasteiger charge is 2.18. The minimum atomic E-state index is -1.88. The molecule has 21 heavy (non-hydrogen) atoms. The van der Waals surface area contributed by atoms with Gasteiger partial charge in [-0.15, -0.1) is 0 Å². The first-order valence-electron chi connectivity index (χ1n) is 5.80. The fraction of sp³-hybridized carbons (Fsp3) is 0. The van der Waals surface area contributed by atoms with E-state index in [0.717, 1.165) is 30.3 Å². The van der Waals surface area contributed by atoms with Crippen molar-refractivity contribution in [3.63, 3.8) is 0 Å². The fourth-order valence-corrected chi connectivity index (χ4v) is 1.66. The van der Waals surface area contributed by atoms with E-state index in [1.54, 1.807) is 0 Å². The van der Waals surface area contributed by atoms with Gasteiger partial charge in [0.1, 0.15) is 17.5 Å². The molecule has 0 radical (unpaired) electrons. The van der Waals surface area contributed by atoms with Gasteiger partial charge >= 0.3 is 7.12 Å². The molecule has 0 fully saturated rings. The van der Waals surface area contributed by atoms with Crippen LogP contribution in [0.2, 0.25) is 0 Å². The van der Waals surface area contributed by atoms with Crippen molar-refractivity contribution < 1.29 is 28.0 Å². The second-order valence-corrected chi connectivity index (χ2v) is 4.19. The largest absolute Gasteiger partial charge is 0.488 e. The van der Waals surface area contributed by atoms with Gasteiger partial charge in [0, 0.05) is 6.07 Å². The molecule has 0 spiro atoms. The molecule has 1 amide bonds. The Labute approximate surface area is 118 Å². The summed E-state index contributed by atoms with van der Waals surface area (Å²) in [7, 11) is -1.88. The predicted octanol–water partition coefficient (Wildman–Crippen LogP) is 1.04. The third-order valence-corrected chi connectivity index (χ3v) is 2.71. The Bertz CT molecular complexity index is 694. The number of nitrogens with one attached hydrogen (secondary N) is 1. The molecule has 2 rings (SSSR count). The first-order chi connectivity index (χ1) is 9.88. The van der Waals surface area contributed by atoms with Crippen LogP contribution in [0.25, 0.3) is 0 Å². The van der Waals surface area contributed by atoms with Crippen LogP contribution in [-0.4, -0.2) is 23.1 Å². The molecule has 0 aliphatic carbocycles. The summed E-state index contributed by atoms with van der Waals surface area (Å²) in [4.78, 5) is 11.9. The lowest BCUT2D eigenvalue weighted by atomic mass is 9.79. The Kier molecular flexibility index (Phi) is 4.30. The second-order valence-electron chi connectivity index (χ2n) is 4.19. The van der Waals surface area contributed by atoms with Crippen molar-refractivity contribution >= 4 is 24.2 Å². The van der Waals surface area contributed by atoms with Crippen molar-refractivity contribution in [2.24, 2.45) is 0 Å². The minimum Gasteiger partial charge on any atom is -0.423 e. The van der Waals surface area contributed by atoms with Gasteiger partial charge in [0.2, 0.25) is 0 Å². The Morgan fingerprint density at radius 3 is 2.33 bits per heavy atom. The zero-order valence-electron chi connectivity index (χ0n) is 10.5. The van der Waals surface area contributed by atoms with Crippen molar-refractivity contribution in [1.29, 1.82) is 0 Å². The molecule has 0 saturated carbocycles. The smallest absolute Gasteiger partial charge is 0.423 e. The molecule has 2 aromatic carbocycles. The maximum Gasteiger partial charge on any atom is 0.488 e. The third-order valence-electron chi connectivity index (χ3n) is 2.71. The van der Waals surface area contributed by atoms with Crippen LogP contribution < -0.4 is 10.8 Å². The molecule has 8 heteroatoms. The van der Waals surface area contributed by atoms with Gasteiger partial charge in [0.05, 0.1) is 11.3 Å². The number of halogens is 3. The quantitative estimate of drug-likeness (QED) is 0.741. The van der Waals surface area contributed by atoms with Crippen LogP contribution in [0.3, 0.4) is 0 Å². The maximum atomic E-state index is 13.6. The molecule has 0 atom stereocenters. The first kappa shape index (κ1) is 15.1. The standard InChI is InChI=1S/C13H9BF3NO3/c15-8-2-4-12(11(17)6-8)18-13(19)9-5-7(14(20)21)1-3-10(9)16/h1-6,20-21H,(H,18,19). The highest BCUT2D eigenvalue weighted by atomic mass is 19.1. The predicted molar refractivity (Wildman–Crippen MR) is 70.5 cm³/mol. The van der Waals surface area contributed by atoms with Crippen molar-refractivity contribution in [3.8, 4) is 0 Å². The van der Waals surface area contributed by atoms with Gasteiger partial charge in [-0.25, -0.2) is 13.2 Å². The summed E-state index contributed by atoms with van der Waals surface area (Å²) < 4.78 is 39.7. The summed E-state index contributed by atoms with van der Waals surface area (Å²) in [5.74, 6) is -3.75. The van der Waals surface area contributed by atoms with E-state index in [-0.39, 0.29) is 11.2 Å². The van der Waals surface area contributed by atoms with Crippen LogP contribution in [0.4, 0.5) is 18.9 Å². The third kappa shape index (κ3) is 3.42. The Balaban J connectivity index is 2.30. The van der Waals surface area contributed by atoms with E-state index < -0.39 is 36.0 Å². The summed E-state index contributed by atoms with van der Waals surface area (Å²) in [6, 6.07) is 5.39. The second kappa shape index (κ2) is 5.98. The Morgan fingerprint density at radius 1 is 1.00 bits per heavy atom. The first-order valence-corrected chi connectivity index (χ1v) is 5.80. The molecule has 0 heterocycles. The number of benzene rings is 2. The lowest BCUT2D eigenvalue weighted by Gasteiger charge is -2.09. The molecule has 0 aliphatic rings. The lowest BCUT2D eigenvalue weighted by Crippen LogP contribution is -2.31. The van der Waals surface area contributed by atoms with Gasteiger partial charge in [-0.2, -0.15) is 0 Å². The number of rotatable bonds is 3. The molecule has 3 N–H and O–H groups in total. The van der Waals surface area contributed by atoms with Gasteiger partial charge in [0.15, 0.2) is 0 Å². The molecule has 2 aromatic rings. The number of anilines is 1. The highest BCUT2D eigenvalue weighted by molar-refractivity contribution is 6.58. The molecule has 0 aliphatic heterocycles. The van der Waals surface area contributed by atoms with Crippen LogP contribution in [0.1, 0.15) is 10.4 Å². The summed E-state index contributed by atoms with van der Waals surface area (Å²) >= 11 is 0. The van der Waals surface area contributed by atoms with Gasteiger partial charge in [0.25, 0.3) is 5.91 Å². The summed E-state index contributed by atoms with van der Waals surface area (Å²) in [6.07, 6.45) is 0. The molecular formula is C13H9BF3NO3. The van der Waals surface area contributed by atoms with Crippen LogP contribution in [0, 0.1) is 17.5 Å². The van der Waals surface area contributed by atoms with E-state index in [1.807, 2.05) is 0 Å². The zero-order chi connectivity index (χ0) is 15.6. The van der Waals surface area contributed by atoms with Crippen molar-refractivity contribution in [2.45, 2.75) is 0 Å². The number of hydrogen-bond acceptors (Lipinski definition) is 3. The average Bonchev–Trinajstić information content (AvgIpc) is 2.42. The number of amides is 1. The van der Waals surface area contributed by atoms with E-state index in [4.69, 9.17) is 10.0 Å². The minimum absolute atomic E-state index is 0.0962. The molecule has 0 unspecified atom stereocenters. The van der Waals surface area contributed by atoms with Crippen molar-refractivity contribution in [1.82, 2.24) is 0 Å². The van der Waals surface area contributed by atoms with Gasteiger partial charge in [-0.1, -0.05) is 6.07 Å². The number of hydrogen-bond donors (Lipinski definition) is 3. The number of carbonyl (C=O) groups excluding carboxylic acids is 1. The lowest BCUT2D eigenvalue weighted by molar-refractivity contribution is 0.102. The van der Waals surface area contributed by atoms with Crippen LogP contribution >= 0.6 is 0 Å². The maximum absolute atomic E-state index is 13.6. The Morgan fingerprint density at radius 2 is 1.71 bits per heavy atom. The summed E-state index contributed by atoms with van der Waals surface area (Å²) in [5, 5.41) is 20.0. The molecule has 0 aromatic heterocycles. The van der Waals surface area contributed by atoms with E-state index >= 15 is 0 Å². The normalized spacial score (nSPS) is 10.3. The van der Waals surface area contributed by atoms with E-state index in [1.165, 1.54) is 0 Å². The van der Waals surface area contributed by atoms with Crippen LogP contribution in [0.15, 0.2) is 36.4 Å². The zero-order valence-corrected chi connectivity index (χ0v) is 10.5. The fourth-order valence-electron chi connectivity index (χ4n) is 1.66. The van der Waals surface area contributed by atoms with Crippen molar-refractivity contribution in [2.75, 3.05) is 5.32 Å². The Hall–Kier alpha value is -2.32. The van der Waals surface area contributed by atoms with E-state index in [9.17, 15) is 18.0 Å². The topological polar surface area (TPSA) is 69.6 Å². The highest BCUT2D eigenvalue weighted by Crippen LogP contribution is 2.16. The van der Waals surface area contributed by atoms with Gasteiger partial charge < -0.3 is 15.4 Å². The van der Waals surface area contributed by atoms with E-state index in [2.05, 4.69) is 5.32 Å². The average molecular weight is 295 g/mol. The van der Waals surface area contributed by atoms with Gasteiger partial charge in [-0.3, -0.25) is 4.79 Å². The van der Waals surface area contributed by atoms with E-state index in [0.29, 0.717) is 6.07 Å². The molecule has 4 nitrogen and oxygen atoms in total. The molecule has 108 valence electrons. The summed E-state index contributed by atoms with van der Waals surface area (Å²) in [6.45, 7) is 0.